The number of aromatic nitrogens is 1. The summed E-state index contributed by atoms with van der Waals surface area (Å²) < 4.78 is 13.1. The first kappa shape index (κ1) is 14.8. The molecule has 0 bridgehead atoms. The largest absolute Gasteiger partial charge is 0.366 e. The van der Waals surface area contributed by atoms with Gasteiger partial charge in [0.05, 0.1) is 16.6 Å². The molecule has 2 aromatic rings. The molecule has 1 aliphatic carbocycles. The van der Waals surface area contributed by atoms with Gasteiger partial charge in [-0.2, -0.15) is 0 Å². The fraction of sp³-hybridized carbons (Fsp3) is 0.250. The van der Waals surface area contributed by atoms with E-state index in [1.54, 1.807) is 12.1 Å². The number of hydrogen-bond acceptors (Lipinski definition) is 3. The van der Waals surface area contributed by atoms with Crippen LogP contribution in [0.4, 0.5) is 10.2 Å². The molecule has 1 heterocycles. The quantitative estimate of drug-likeness (QED) is 0.885. The van der Waals surface area contributed by atoms with Gasteiger partial charge in [0.2, 0.25) is 5.91 Å². The average Bonchev–Trinajstić information content (AvgIpc) is 3.31. The highest BCUT2D eigenvalue weighted by Gasteiger charge is 2.33. The minimum Gasteiger partial charge on any atom is -0.366 e. The molecule has 3 N–H and O–H groups in total. The first-order chi connectivity index (χ1) is 10.5. The minimum absolute atomic E-state index is 0.0185. The molecule has 0 aliphatic heterocycles. The maximum Gasteiger partial charge on any atom is 0.250 e. The Kier molecular flexibility index (Phi) is 3.98. The molecule has 6 heteroatoms. The molecule has 0 spiro atoms. The molecular formula is C16H15ClFN3O. The van der Waals surface area contributed by atoms with E-state index in [1.165, 1.54) is 24.4 Å². The molecular weight excluding hydrogens is 305 g/mol. The van der Waals surface area contributed by atoms with Gasteiger partial charge in [0, 0.05) is 6.20 Å². The Morgan fingerprint density at radius 3 is 2.59 bits per heavy atom. The van der Waals surface area contributed by atoms with E-state index in [0.29, 0.717) is 16.8 Å². The third-order valence-corrected chi connectivity index (χ3v) is 4.03. The molecule has 22 heavy (non-hydrogen) atoms. The monoisotopic (exact) mass is 319 g/mol. The molecule has 1 fully saturated rings. The van der Waals surface area contributed by atoms with Gasteiger partial charge in [-0.25, -0.2) is 9.37 Å². The molecule has 1 atom stereocenters. The van der Waals surface area contributed by atoms with Crippen molar-refractivity contribution in [2.45, 2.75) is 18.9 Å². The van der Waals surface area contributed by atoms with Crippen molar-refractivity contribution in [1.29, 1.82) is 0 Å². The predicted molar refractivity (Wildman–Crippen MR) is 83.3 cm³/mol. The van der Waals surface area contributed by atoms with Crippen LogP contribution in [0.15, 0.2) is 36.5 Å². The number of nitrogens with zero attached hydrogens (tertiary/aromatic N) is 1. The Morgan fingerprint density at radius 2 is 2.05 bits per heavy atom. The van der Waals surface area contributed by atoms with Crippen molar-refractivity contribution < 1.29 is 9.18 Å². The Labute approximate surface area is 132 Å². The minimum atomic E-state index is -0.571. The van der Waals surface area contributed by atoms with Crippen LogP contribution in [0.1, 0.15) is 34.8 Å². The molecule has 1 amide bonds. The Bertz CT molecular complexity index is 701. The van der Waals surface area contributed by atoms with Crippen LogP contribution in [-0.4, -0.2) is 10.9 Å². The smallest absolute Gasteiger partial charge is 0.250 e. The van der Waals surface area contributed by atoms with Gasteiger partial charge in [0.25, 0.3) is 0 Å². The topological polar surface area (TPSA) is 68.0 Å². The molecule has 3 rings (SSSR count). The summed E-state index contributed by atoms with van der Waals surface area (Å²) in [6.07, 6.45) is 3.60. The van der Waals surface area contributed by atoms with Crippen molar-refractivity contribution in [1.82, 2.24) is 4.98 Å². The molecule has 1 aromatic carbocycles. The number of nitrogens with two attached hydrogens (primary N) is 1. The molecule has 114 valence electrons. The predicted octanol–water partition coefficient (Wildman–Crippen LogP) is 3.54. The second-order valence-corrected chi connectivity index (χ2v) is 5.84. The van der Waals surface area contributed by atoms with Gasteiger partial charge in [0.1, 0.15) is 11.6 Å². The van der Waals surface area contributed by atoms with E-state index in [2.05, 4.69) is 10.3 Å². The number of primary amides is 1. The number of benzene rings is 1. The van der Waals surface area contributed by atoms with Gasteiger partial charge in [-0.05, 0) is 42.5 Å². The number of nitrogens with one attached hydrogen (secondary N) is 1. The van der Waals surface area contributed by atoms with Crippen molar-refractivity contribution in [3.63, 3.8) is 0 Å². The van der Waals surface area contributed by atoms with E-state index < -0.39 is 5.91 Å². The molecule has 1 aliphatic rings. The molecule has 4 nitrogen and oxygen atoms in total. The van der Waals surface area contributed by atoms with Gasteiger partial charge < -0.3 is 11.1 Å². The lowest BCUT2D eigenvalue weighted by molar-refractivity contribution is 0.1000. The van der Waals surface area contributed by atoms with Crippen LogP contribution < -0.4 is 11.1 Å². The fourth-order valence-corrected chi connectivity index (χ4v) is 2.62. The van der Waals surface area contributed by atoms with Crippen LogP contribution in [-0.2, 0) is 0 Å². The summed E-state index contributed by atoms with van der Waals surface area (Å²) in [5.74, 6) is 0.130. The maximum atomic E-state index is 13.1. The van der Waals surface area contributed by atoms with Gasteiger partial charge in [-0.1, -0.05) is 23.7 Å². The lowest BCUT2D eigenvalue weighted by Crippen LogP contribution is -2.16. The highest BCUT2D eigenvalue weighted by Crippen LogP contribution is 2.43. The van der Waals surface area contributed by atoms with Crippen LogP contribution in [0.5, 0.6) is 0 Å². The average molecular weight is 320 g/mol. The number of rotatable bonds is 5. The van der Waals surface area contributed by atoms with E-state index in [1.807, 2.05) is 0 Å². The summed E-state index contributed by atoms with van der Waals surface area (Å²) in [6, 6.07) is 7.92. The van der Waals surface area contributed by atoms with Crippen LogP contribution in [0.2, 0.25) is 5.02 Å². The molecule has 1 saturated carbocycles. The highest BCUT2D eigenvalue weighted by molar-refractivity contribution is 6.33. The number of amides is 1. The Balaban J connectivity index is 1.85. The van der Waals surface area contributed by atoms with Crippen molar-refractivity contribution in [3.8, 4) is 0 Å². The third kappa shape index (κ3) is 3.20. The number of anilines is 1. The van der Waals surface area contributed by atoms with Crippen LogP contribution in [0.25, 0.3) is 0 Å². The number of pyridine rings is 1. The summed E-state index contributed by atoms with van der Waals surface area (Å²) in [6.45, 7) is 0. The standard InChI is InChI=1S/C16H15ClFN3O/c17-13-7-11(15(19)22)8-20-16(13)21-14(9-1-2-9)10-3-5-12(18)6-4-10/h3-9,14H,1-2H2,(H2,19,22)(H,20,21). The van der Waals surface area contributed by atoms with Gasteiger partial charge in [0.15, 0.2) is 0 Å². The fourth-order valence-electron chi connectivity index (χ4n) is 2.40. The lowest BCUT2D eigenvalue weighted by Gasteiger charge is -2.20. The van der Waals surface area contributed by atoms with E-state index in [0.717, 1.165) is 18.4 Å². The van der Waals surface area contributed by atoms with Crippen LogP contribution in [0, 0.1) is 11.7 Å². The van der Waals surface area contributed by atoms with Crippen molar-refractivity contribution in [2.75, 3.05) is 5.32 Å². The number of carbonyl (C=O) groups excluding carboxylic acids is 1. The van der Waals surface area contributed by atoms with E-state index in [9.17, 15) is 9.18 Å². The van der Waals surface area contributed by atoms with Gasteiger partial charge >= 0.3 is 0 Å². The lowest BCUT2D eigenvalue weighted by atomic mass is 10.0. The zero-order valence-electron chi connectivity index (χ0n) is 11.7. The van der Waals surface area contributed by atoms with Crippen LogP contribution in [0.3, 0.4) is 0 Å². The molecule has 0 radical (unpaired) electrons. The number of carbonyl (C=O) groups is 1. The van der Waals surface area contributed by atoms with Crippen molar-refractivity contribution in [3.05, 3.63) is 58.5 Å². The van der Waals surface area contributed by atoms with Crippen molar-refractivity contribution >= 4 is 23.3 Å². The Hall–Kier alpha value is -2.14. The Morgan fingerprint density at radius 1 is 1.36 bits per heavy atom. The maximum absolute atomic E-state index is 13.1. The summed E-state index contributed by atoms with van der Waals surface area (Å²) in [7, 11) is 0. The first-order valence-electron chi connectivity index (χ1n) is 7.02. The van der Waals surface area contributed by atoms with Crippen molar-refractivity contribution in [2.24, 2.45) is 11.7 Å². The molecule has 1 unspecified atom stereocenters. The first-order valence-corrected chi connectivity index (χ1v) is 7.40. The zero-order chi connectivity index (χ0) is 15.7. The molecule has 1 aromatic heterocycles. The SMILES string of the molecule is NC(=O)c1cnc(NC(c2ccc(F)cc2)C2CC2)c(Cl)c1. The summed E-state index contributed by atoms with van der Waals surface area (Å²) in [4.78, 5) is 15.3. The van der Waals surface area contributed by atoms with Gasteiger partial charge in [-0.15, -0.1) is 0 Å². The summed E-state index contributed by atoms with van der Waals surface area (Å²) in [5.41, 5.74) is 6.45. The zero-order valence-corrected chi connectivity index (χ0v) is 12.5. The summed E-state index contributed by atoms with van der Waals surface area (Å²) in [5, 5.41) is 3.63. The second-order valence-electron chi connectivity index (χ2n) is 5.43. The third-order valence-electron chi connectivity index (χ3n) is 3.74. The van der Waals surface area contributed by atoms with Crippen LogP contribution >= 0.6 is 11.6 Å². The highest BCUT2D eigenvalue weighted by atomic mass is 35.5. The van der Waals surface area contributed by atoms with Gasteiger partial charge in [-0.3, -0.25) is 4.79 Å². The second kappa shape index (κ2) is 5.93. The number of hydrogen-bond donors (Lipinski definition) is 2. The normalized spacial score (nSPS) is 15.4. The summed E-state index contributed by atoms with van der Waals surface area (Å²) >= 11 is 6.16. The van der Waals surface area contributed by atoms with E-state index in [4.69, 9.17) is 17.3 Å². The van der Waals surface area contributed by atoms with E-state index >= 15 is 0 Å². The van der Waals surface area contributed by atoms with E-state index in [-0.39, 0.29) is 17.4 Å². The molecule has 0 saturated heterocycles. The number of halogens is 2.